The van der Waals surface area contributed by atoms with E-state index in [0.29, 0.717) is 10.3 Å². The monoisotopic (exact) mass is 298 g/mol. The van der Waals surface area contributed by atoms with E-state index in [9.17, 15) is 4.79 Å². The van der Waals surface area contributed by atoms with Gasteiger partial charge < -0.3 is 4.90 Å². The molecule has 2 heterocycles. The molecule has 0 unspecified atom stereocenters. The maximum Gasteiger partial charge on any atom is 0.284 e. The molecule has 1 aliphatic heterocycles. The molecule has 92 valence electrons. The summed E-state index contributed by atoms with van der Waals surface area (Å²) in [5.74, 6) is -0.157. The van der Waals surface area contributed by atoms with Gasteiger partial charge in [0.15, 0.2) is 0 Å². The lowest BCUT2D eigenvalue weighted by Crippen LogP contribution is -2.52. The number of pyridine rings is 1. The number of hydrogen-bond acceptors (Lipinski definition) is 4. The Morgan fingerprint density at radius 2 is 2.06 bits per heavy atom. The first-order chi connectivity index (χ1) is 8.15. The summed E-state index contributed by atoms with van der Waals surface area (Å²) in [6.45, 7) is 3.62. The minimum Gasteiger partial charge on any atom is -0.304 e. The Hall–Kier alpha value is -0.980. The number of amides is 1. The molecule has 0 aromatic carbocycles. The van der Waals surface area contributed by atoms with Gasteiger partial charge in [-0.1, -0.05) is 6.07 Å². The van der Waals surface area contributed by atoms with Crippen molar-refractivity contribution < 1.29 is 4.79 Å². The first-order valence-electron chi connectivity index (χ1n) is 5.52. The highest BCUT2D eigenvalue weighted by Crippen LogP contribution is 2.06. The maximum absolute atomic E-state index is 11.9. The third-order valence-corrected chi connectivity index (χ3v) is 3.15. The van der Waals surface area contributed by atoms with Crippen LogP contribution in [0.2, 0.25) is 0 Å². The van der Waals surface area contributed by atoms with Gasteiger partial charge in [-0.15, -0.1) is 0 Å². The highest BCUT2D eigenvalue weighted by atomic mass is 79.9. The van der Waals surface area contributed by atoms with E-state index in [1.807, 2.05) is 5.01 Å². The first-order valence-corrected chi connectivity index (χ1v) is 6.31. The molecule has 1 N–H and O–H groups in total. The third kappa shape index (κ3) is 3.49. The fraction of sp³-hybridized carbons (Fsp3) is 0.455. The minimum atomic E-state index is -0.157. The van der Waals surface area contributed by atoms with Crippen molar-refractivity contribution in [2.24, 2.45) is 0 Å². The SMILES string of the molecule is CN1CCN(NC(=O)c2cccc(Br)n2)CC1. The number of carbonyl (C=O) groups is 1. The Morgan fingerprint density at radius 1 is 1.35 bits per heavy atom. The molecule has 17 heavy (non-hydrogen) atoms. The Morgan fingerprint density at radius 3 is 2.71 bits per heavy atom. The Labute approximate surface area is 109 Å². The summed E-state index contributed by atoms with van der Waals surface area (Å²) >= 11 is 3.25. The van der Waals surface area contributed by atoms with Gasteiger partial charge in [0, 0.05) is 26.2 Å². The zero-order valence-electron chi connectivity index (χ0n) is 9.69. The van der Waals surface area contributed by atoms with Crippen molar-refractivity contribution in [2.45, 2.75) is 0 Å². The largest absolute Gasteiger partial charge is 0.304 e. The fourth-order valence-electron chi connectivity index (χ4n) is 1.65. The van der Waals surface area contributed by atoms with E-state index in [-0.39, 0.29) is 5.91 Å². The van der Waals surface area contributed by atoms with Crippen LogP contribution in [-0.2, 0) is 0 Å². The lowest BCUT2D eigenvalue weighted by atomic mass is 10.3. The van der Waals surface area contributed by atoms with Crippen LogP contribution in [0.4, 0.5) is 0 Å². The van der Waals surface area contributed by atoms with E-state index in [1.54, 1.807) is 18.2 Å². The molecule has 0 saturated carbocycles. The summed E-state index contributed by atoms with van der Waals surface area (Å²) in [5, 5.41) is 1.94. The van der Waals surface area contributed by atoms with Gasteiger partial charge in [-0.25, -0.2) is 9.99 Å². The lowest BCUT2D eigenvalue weighted by molar-refractivity contribution is 0.0657. The van der Waals surface area contributed by atoms with Crippen LogP contribution in [0.25, 0.3) is 0 Å². The van der Waals surface area contributed by atoms with Gasteiger partial charge in [-0.3, -0.25) is 10.2 Å². The number of carbonyl (C=O) groups excluding carboxylic acids is 1. The minimum absolute atomic E-state index is 0.157. The lowest BCUT2D eigenvalue weighted by Gasteiger charge is -2.32. The molecule has 1 aromatic heterocycles. The summed E-state index contributed by atoms with van der Waals surface area (Å²) < 4.78 is 0.670. The predicted octanol–water partition coefficient (Wildman–Crippen LogP) is 0.736. The number of nitrogens with zero attached hydrogens (tertiary/aromatic N) is 3. The van der Waals surface area contributed by atoms with Crippen LogP contribution in [0.1, 0.15) is 10.5 Å². The molecule has 0 bridgehead atoms. The molecule has 1 fully saturated rings. The summed E-state index contributed by atoms with van der Waals surface area (Å²) in [5.41, 5.74) is 3.30. The van der Waals surface area contributed by atoms with E-state index >= 15 is 0 Å². The number of hydrazine groups is 1. The van der Waals surface area contributed by atoms with Crippen molar-refractivity contribution in [3.05, 3.63) is 28.5 Å². The van der Waals surface area contributed by atoms with Crippen molar-refractivity contribution in [3.63, 3.8) is 0 Å². The van der Waals surface area contributed by atoms with E-state index in [4.69, 9.17) is 0 Å². The Bertz CT molecular complexity index is 404. The molecule has 5 nitrogen and oxygen atoms in total. The van der Waals surface area contributed by atoms with Crippen molar-refractivity contribution >= 4 is 21.8 Å². The van der Waals surface area contributed by atoms with Crippen LogP contribution in [0.5, 0.6) is 0 Å². The van der Waals surface area contributed by atoms with Crippen molar-refractivity contribution in [1.29, 1.82) is 0 Å². The molecule has 0 spiro atoms. The molecule has 1 aromatic rings. The van der Waals surface area contributed by atoms with Crippen LogP contribution in [-0.4, -0.2) is 54.0 Å². The van der Waals surface area contributed by atoms with Gasteiger partial charge in [0.05, 0.1) is 0 Å². The van der Waals surface area contributed by atoms with E-state index < -0.39 is 0 Å². The van der Waals surface area contributed by atoms with Gasteiger partial charge in [0.25, 0.3) is 5.91 Å². The predicted molar refractivity (Wildman–Crippen MR) is 68.5 cm³/mol. The number of likely N-dealkylation sites (N-methyl/N-ethyl adjacent to an activating group) is 1. The molecule has 1 aliphatic rings. The average molecular weight is 299 g/mol. The summed E-state index contributed by atoms with van der Waals surface area (Å²) in [6.07, 6.45) is 0. The zero-order chi connectivity index (χ0) is 12.3. The van der Waals surface area contributed by atoms with Crippen LogP contribution in [0.3, 0.4) is 0 Å². The molecule has 2 rings (SSSR count). The molecule has 6 heteroatoms. The topological polar surface area (TPSA) is 48.5 Å². The van der Waals surface area contributed by atoms with Crippen molar-refractivity contribution in [3.8, 4) is 0 Å². The Kier molecular flexibility index (Phi) is 4.09. The second-order valence-corrected chi connectivity index (χ2v) is 4.89. The van der Waals surface area contributed by atoms with Gasteiger partial charge >= 0.3 is 0 Å². The smallest absolute Gasteiger partial charge is 0.284 e. The molecule has 0 atom stereocenters. The molecule has 1 saturated heterocycles. The fourth-order valence-corrected chi connectivity index (χ4v) is 2.00. The number of rotatable bonds is 2. The van der Waals surface area contributed by atoms with Gasteiger partial charge in [0.1, 0.15) is 10.3 Å². The van der Waals surface area contributed by atoms with E-state index in [0.717, 1.165) is 26.2 Å². The van der Waals surface area contributed by atoms with Gasteiger partial charge in [0.2, 0.25) is 0 Å². The zero-order valence-corrected chi connectivity index (χ0v) is 11.3. The number of hydrogen-bond donors (Lipinski definition) is 1. The molecule has 1 amide bonds. The second kappa shape index (κ2) is 5.57. The summed E-state index contributed by atoms with van der Waals surface area (Å²) in [6, 6.07) is 5.30. The number of nitrogens with one attached hydrogen (secondary N) is 1. The van der Waals surface area contributed by atoms with Crippen molar-refractivity contribution in [1.82, 2.24) is 20.3 Å². The van der Waals surface area contributed by atoms with Crippen LogP contribution < -0.4 is 5.43 Å². The van der Waals surface area contributed by atoms with E-state index in [1.165, 1.54) is 0 Å². The van der Waals surface area contributed by atoms with Crippen LogP contribution in [0.15, 0.2) is 22.8 Å². The van der Waals surface area contributed by atoms with E-state index in [2.05, 4.69) is 38.3 Å². The standard InChI is InChI=1S/C11H15BrN4O/c1-15-5-7-16(8-6-15)14-11(17)9-3-2-4-10(12)13-9/h2-4H,5-8H2,1H3,(H,14,17). The Balaban J connectivity index is 1.93. The molecule has 0 radical (unpaired) electrons. The third-order valence-electron chi connectivity index (χ3n) is 2.71. The first kappa shape index (κ1) is 12.5. The van der Waals surface area contributed by atoms with Crippen LogP contribution >= 0.6 is 15.9 Å². The normalized spacial score (nSPS) is 18.0. The highest BCUT2D eigenvalue weighted by molar-refractivity contribution is 9.10. The van der Waals surface area contributed by atoms with Crippen molar-refractivity contribution in [2.75, 3.05) is 33.2 Å². The number of aromatic nitrogens is 1. The molecular weight excluding hydrogens is 284 g/mol. The average Bonchev–Trinajstić information content (AvgIpc) is 2.32. The summed E-state index contributed by atoms with van der Waals surface area (Å²) in [4.78, 5) is 18.3. The quantitative estimate of drug-likeness (QED) is 0.818. The number of halogens is 1. The highest BCUT2D eigenvalue weighted by Gasteiger charge is 2.17. The molecular formula is C11H15BrN4O. The molecule has 0 aliphatic carbocycles. The number of piperazine rings is 1. The van der Waals surface area contributed by atoms with Gasteiger partial charge in [-0.05, 0) is 35.1 Å². The second-order valence-electron chi connectivity index (χ2n) is 4.08. The van der Waals surface area contributed by atoms with Gasteiger partial charge in [-0.2, -0.15) is 0 Å². The maximum atomic E-state index is 11.9. The summed E-state index contributed by atoms with van der Waals surface area (Å²) in [7, 11) is 2.08. The van der Waals surface area contributed by atoms with Crippen LogP contribution in [0, 0.1) is 0 Å².